The van der Waals surface area contributed by atoms with Crippen LogP contribution in [0.5, 0.6) is 0 Å². The second kappa shape index (κ2) is 6.38. The molecule has 1 saturated heterocycles. The van der Waals surface area contributed by atoms with Gasteiger partial charge in [0.15, 0.2) is 0 Å². The van der Waals surface area contributed by atoms with Gasteiger partial charge < -0.3 is 5.32 Å². The van der Waals surface area contributed by atoms with Crippen LogP contribution < -0.4 is 10.3 Å². The van der Waals surface area contributed by atoms with Crippen molar-refractivity contribution in [2.24, 2.45) is 5.92 Å². The lowest BCUT2D eigenvalue weighted by Crippen LogP contribution is -2.47. The predicted molar refractivity (Wildman–Crippen MR) is 87.2 cm³/mol. The third-order valence-electron chi connectivity index (χ3n) is 4.31. The second-order valence-corrected chi connectivity index (χ2v) is 6.46. The predicted octanol–water partition coefficient (Wildman–Crippen LogP) is 2.19. The molecule has 22 heavy (non-hydrogen) atoms. The Bertz CT molecular complexity index is 542. The summed E-state index contributed by atoms with van der Waals surface area (Å²) in [7, 11) is 1.85. The number of hydrogen-bond acceptors (Lipinski definition) is 3. The van der Waals surface area contributed by atoms with Crippen molar-refractivity contribution in [3.63, 3.8) is 0 Å². The number of nitrogens with zero attached hydrogens (tertiary/aromatic N) is 2. The Labute approximate surface area is 132 Å². The molecule has 1 aliphatic heterocycles. The fraction of sp³-hybridized carbons (Fsp3) is 0.529. The van der Waals surface area contributed by atoms with Gasteiger partial charge in [-0.25, -0.2) is 0 Å². The summed E-state index contributed by atoms with van der Waals surface area (Å²) < 4.78 is 0. The second-order valence-electron chi connectivity index (χ2n) is 6.46. The Morgan fingerprint density at radius 2 is 2.00 bits per heavy atom. The Kier molecular flexibility index (Phi) is 4.74. The molecule has 1 N–H and O–H groups in total. The highest BCUT2D eigenvalue weighted by atomic mass is 16.2. The number of nitrogens with one attached hydrogen (secondary N) is 1. The number of hydrogen-bond donors (Lipinski definition) is 1. The summed E-state index contributed by atoms with van der Waals surface area (Å²) in [5, 5.41) is 6.50. The summed E-state index contributed by atoms with van der Waals surface area (Å²) >= 11 is 0. The fourth-order valence-corrected chi connectivity index (χ4v) is 2.46. The van der Waals surface area contributed by atoms with E-state index in [1.54, 1.807) is 5.01 Å². The van der Waals surface area contributed by atoms with Crippen LogP contribution in [0.25, 0.3) is 0 Å². The van der Waals surface area contributed by atoms with Gasteiger partial charge in [-0.1, -0.05) is 25.1 Å². The zero-order chi connectivity index (χ0) is 16.3. The van der Waals surface area contributed by atoms with Crippen molar-refractivity contribution < 1.29 is 9.59 Å². The Morgan fingerprint density at radius 3 is 2.59 bits per heavy atom. The first kappa shape index (κ1) is 16.3. The van der Waals surface area contributed by atoms with Crippen molar-refractivity contribution in [3.05, 3.63) is 30.3 Å². The highest BCUT2D eigenvalue weighted by Gasteiger charge is 2.37. The van der Waals surface area contributed by atoms with Gasteiger partial charge in [0, 0.05) is 19.0 Å². The molecule has 1 heterocycles. The van der Waals surface area contributed by atoms with Crippen LogP contribution in [-0.2, 0) is 9.59 Å². The molecule has 0 aliphatic carbocycles. The number of rotatable bonds is 5. The van der Waals surface area contributed by atoms with Gasteiger partial charge in [0.05, 0.1) is 18.2 Å². The maximum absolute atomic E-state index is 12.4. The Morgan fingerprint density at radius 1 is 1.36 bits per heavy atom. The summed E-state index contributed by atoms with van der Waals surface area (Å²) in [4.78, 5) is 24.6. The number of anilines is 1. The maximum atomic E-state index is 12.4. The molecule has 0 bridgehead atoms. The number of carbonyl (C=O) groups is 2. The van der Waals surface area contributed by atoms with Gasteiger partial charge in [0.1, 0.15) is 0 Å². The lowest BCUT2D eigenvalue weighted by molar-refractivity contribution is -0.129. The number of amides is 2. The molecule has 2 amide bonds. The molecule has 1 unspecified atom stereocenters. The molecule has 1 aliphatic rings. The summed E-state index contributed by atoms with van der Waals surface area (Å²) in [5.74, 6) is -0.338. The molecule has 1 atom stereocenters. The van der Waals surface area contributed by atoms with Crippen LogP contribution in [0.15, 0.2) is 30.3 Å². The third-order valence-corrected chi connectivity index (χ3v) is 4.31. The third kappa shape index (κ3) is 3.59. The zero-order valence-corrected chi connectivity index (χ0v) is 13.8. The van der Waals surface area contributed by atoms with E-state index >= 15 is 0 Å². The van der Waals surface area contributed by atoms with Gasteiger partial charge in [-0.3, -0.25) is 19.6 Å². The van der Waals surface area contributed by atoms with E-state index in [4.69, 9.17) is 0 Å². The summed E-state index contributed by atoms with van der Waals surface area (Å²) in [6, 6.07) is 9.69. The molecule has 0 radical (unpaired) electrons. The zero-order valence-electron chi connectivity index (χ0n) is 13.8. The van der Waals surface area contributed by atoms with Crippen LogP contribution >= 0.6 is 0 Å². The summed E-state index contributed by atoms with van der Waals surface area (Å²) in [5.41, 5.74) is 0.699. The highest BCUT2D eigenvalue weighted by molar-refractivity contribution is 5.90. The summed E-state index contributed by atoms with van der Waals surface area (Å²) in [6.45, 7) is 6.45. The van der Waals surface area contributed by atoms with E-state index < -0.39 is 0 Å². The largest absolute Gasteiger partial charge is 0.351 e. The lowest BCUT2D eigenvalue weighted by Gasteiger charge is -2.30. The SMILES string of the molecule is CCC(C)(C)NC(=O)C1CC(=O)N(N(C)c2ccccc2)C1. The number of para-hydroxylation sites is 1. The first-order valence-corrected chi connectivity index (χ1v) is 7.75. The van der Waals surface area contributed by atoms with E-state index in [2.05, 4.69) is 5.32 Å². The Balaban J connectivity index is 2.03. The normalized spacial score (nSPS) is 18.5. The van der Waals surface area contributed by atoms with Gasteiger partial charge >= 0.3 is 0 Å². The molecular weight excluding hydrogens is 278 g/mol. The van der Waals surface area contributed by atoms with Crippen LogP contribution in [0.4, 0.5) is 5.69 Å². The van der Waals surface area contributed by atoms with E-state index in [0.29, 0.717) is 6.54 Å². The number of carbonyl (C=O) groups excluding carboxylic acids is 2. The van der Waals surface area contributed by atoms with Gasteiger partial charge in [0.2, 0.25) is 11.8 Å². The van der Waals surface area contributed by atoms with E-state index in [1.165, 1.54) is 0 Å². The van der Waals surface area contributed by atoms with Crippen molar-refractivity contribution >= 4 is 17.5 Å². The van der Waals surface area contributed by atoms with E-state index in [0.717, 1.165) is 12.1 Å². The monoisotopic (exact) mass is 303 g/mol. The summed E-state index contributed by atoms with van der Waals surface area (Å²) in [6.07, 6.45) is 1.12. The van der Waals surface area contributed by atoms with Crippen molar-refractivity contribution in [1.82, 2.24) is 10.3 Å². The fourth-order valence-electron chi connectivity index (χ4n) is 2.46. The van der Waals surface area contributed by atoms with Gasteiger partial charge in [0.25, 0.3) is 0 Å². The average molecular weight is 303 g/mol. The minimum absolute atomic E-state index is 0.0131. The number of hydrazine groups is 1. The molecular formula is C17H25N3O2. The molecule has 0 aromatic heterocycles. The molecule has 5 nitrogen and oxygen atoms in total. The van der Waals surface area contributed by atoms with Crippen LogP contribution in [0.3, 0.4) is 0 Å². The first-order valence-electron chi connectivity index (χ1n) is 7.75. The number of benzene rings is 1. The standard InChI is InChI=1S/C17H25N3O2/c1-5-17(2,3)18-16(22)13-11-15(21)20(12-13)19(4)14-9-7-6-8-10-14/h6-10,13H,5,11-12H2,1-4H3,(H,18,22). The lowest BCUT2D eigenvalue weighted by atomic mass is 9.99. The van der Waals surface area contributed by atoms with Crippen molar-refractivity contribution in [1.29, 1.82) is 0 Å². The van der Waals surface area contributed by atoms with Crippen molar-refractivity contribution in [3.8, 4) is 0 Å². The maximum Gasteiger partial charge on any atom is 0.241 e. The topological polar surface area (TPSA) is 52.7 Å². The minimum Gasteiger partial charge on any atom is -0.351 e. The van der Waals surface area contributed by atoms with Crippen LogP contribution in [0.2, 0.25) is 0 Å². The van der Waals surface area contributed by atoms with Gasteiger partial charge in [-0.05, 0) is 32.4 Å². The molecule has 1 aromatic rings. The van der Waals surface area contributed by atoms with Gasteiger partial charge in [-0.15, -0.1) is 0 Å². The molecule has 1 aromatic carbocycles. The molecule has 0 saturated carbocycles. The smallest absolute Gasteiger partial charge is 0.241 e. The van der Waals surface area contributed by atoms with E-state index in [9.17, 15) is 9.59 Å². The van der Waals surface area contributed by atoms with E-state index in [1.807, 2.05) is 63.2 Å². The van der Waals surface area contributed by atoms with Gasteiger partial charge in [-0.2, -0.15) is 0 Å². The quantitative estimate of drug-likeness (QED) is 0.907. The minimum atomic E-state index is -0.288. The Hall–Kier alpha value is -2.04. The van der Waals surface area contributed by atoms with Crippen molar-refractivity contribution in [2.45, 2.75) is 39.2 Å². The van der Waals surface area contributed by atoms with Crippen LogP contribution in [-0.4, -0.2) is 36.0 Å². The molecule has 2 rings (SSSR count). The molecule has 1 fully saturated rings. The average Bonchev–Trinajstić information content (AvgIpc) is 2.89. The molecule has 5 heteroatoms. The highest BCUT2D eigenvalue weighted by Crippen LogP contribution is 2.24. The molecule has 0 spiro atoms. The van der Waals surface area contributed by atoms with Crippen LogP contribution in [0.1, 0.15) is 33.6 Å². The molecule has 120 valence electrons. The van der Waals surface area contributed by atoms with Crippen molar-refractivity contribution in [2.75, 3.05) is 18.6 Å². The van der Waals surface area contributed by atoms with Crippen LogP contribution in [0, 0.1) is 5.92 Å². The first-order chi connectivity index (χ1) is 10.3. The van der Waals surface area contributed by atoms with E-state index in [-0.39, 0.29) is 29.7 Å².